The first-order valence-corrected chi connectivity index (χ1v) is 12.7. The average Bonchev–Trinajstić information content (AvgIpc) is 3.53. The summed E-state index contributed by atoms with van der Waals surface area (Å²) in [5.74, 6) is 0.234. The summed E-state index contributed by atoms with van der Waals surface area (Å²) in [6, 6.07) is 1.40. The number of hydrogen-bond acceptors (Lipinski definition) is 14. The molecule has 2 saturated heterocycles. The number of fused-ring (bicyclic) bond motifs is 1. The van der Waals surface area contributed by atoms with Crippen LogP contribution in [0.5, 0.6) is 0 Å². The Morgan fingerprint density at radius 3 is 2.27 bits per heavy atom. The normalized spacial score (nSPS) is 29.6. The predicted molar refractivity (Wildman–Crippen MR) is 123 cm³/mol. The Morgan fingerprint density at radius 1 is 1.03 bits per heavy atom. The van der Waals surface area contributed by atoms with Crippen molar-refractivity contribution in [2.24, 2.45) is 0 Å². The zero-order chi connectivity index (χ0) is 26.3. The molecule has 18 heteroatoms. The van der Waals surface area contributed by atoms with Gasteiger partial charge in [-0.2, -0.15) is 4.98 Å². The third-order valence-corrected chi connectivity index (χ3v) is 7.02. The molecule has 0 amide bonds. The van der Waals surface area contributed by atoms with Crippen LogP contribution in [-0.4, -0.2) is 81.8 Å². The van der Waals surface area contributed by atoms with Crippen molar-refractivity contribution in [3.8, 4) is 0 Å². The van der Waals surface area contributed by atoms with E-state index in [0.717, 1.165) is 4.57 Å². The molecule has 7 unspecified atom stereocenters. The second kappa shape index (κ2) is 10.0. The van der Waals surface area contributed by atoms with Crippen LogP contribution in [0.3, 0.4) is 0 Å². The number of imidazole rings is 1. The lowest BCUT2D eigenvalue weighted by Crippen LogP contribution is -2.29. The highest BCUT2D eigenvalue weighted by Gasteiger charge is 2.40. The molecule has 17 nitrogen and oxygen atoms in total. The Labute approximate surface area is 208 Å². The minimum absolute atomic E-state index is 0.0269. The van der Waals surface area contributed by atoms with E-state index in [4.69, 9.17) is 30.0 Å². The van der Waals surface area contributed by atoms with Gasteiger partial charge in [-0.1, -0.05) is 0 Å². The van der Waals surface area contributed by atoms with E-state index in [0.29, 0.717) is 11.2 Å². The molecule has 0 saturated carbocycles. The quantitative estimate of drug-likeness (QED) is 0.208. The van der Waals surface area contributed by atoms with Crippen molar-refractivity contribution in [3.05, 3.63) is 35.4 Å². The van der Waals surface area contributed by atoms with Gasteiger partial charge in [-0.05, 0) is 6.07 Å². The standard InChI is InChI=1S/C19H25N8O9P/c20-13-1-2-26(19(30)25-13)14-3-9(28)11(35-14)5-33-37(31,32)34-6-12-10(29)4-15(36-12)27-8-24-16-17(21)22-7-23-18(16)27/h1-2,7-12,14-15,28-29H,3-6H2,(H,31,32)(H2,20,25,30)(H2,21,22,23). The molecule has 7 N–H and O–H groups in total. The van der Waals surface area contributed by atoms with E-state index in [1.807, 2.05) is 0 Å². The van der Waals surface area contributed by atoms with Crippen molar-refractivity contribution in [1.29, 1.82) is 0 Å². The number of hydrogen-bond donors (Lipinski definition) is 5. The van der Waals surface area contributed by atoms with E-state index in [9.17, 15) is 24.5 Å². The Morgan fingerprint density at radius 2 is 1.65 bits per heavy atom. The third kappa shape index (κ3) is 5.34. The summed E-state index contributed by atoms with van der Waals surface area (Å²) in [6.07, 6.45) is -1.33. The van der Waals surface area contributed by atoms with Crippen molar-refractivity contribution in [3.63, 3.8) is 0 Å². The number of anilines is 2. The van der Waals surface area contributed by atoms with Crippen molar-refractivity contribution in [1.82, 2.24) is 29.1 Å². The highest BCUT2D eigenvalue weighted by molar-refractivity contribution is 7.47. The Kier molecular flexibility index (Phi) is 6.95. The van der Waals surface area contributed by atoms with Crippen molar-refractivity contribution < 1.29 is 38.2 Å². The molecule has 0 aromatic carbocycles. The maximum atomic E-state index is 12.4. The number of nitrogen functional groups attached to an aromatic ring is 2. The number of phosphoric ester groups is 1. The fourth-order valence-electron chi connectivity index (χ4n) is 4.17. The molecular formula is C19H25N8O9P. The van der Waals surface area contributed by atoms with Gasteiger partial charge in [0, 0.05) is 19.0 Å². The van der Waals surface area contributed by atoms with Gasteiger partial charge in [-0.25, -0.2) is 24.3 Å². The van der Waals surface area contributed by atoms with E-state index >= 15 is 0 Å². The summed E-state index contributed by atoms with van der Waals surface area (Å²) in [4.78, 5) is 37.9. The second-order valence-electron chi connectivity index (χ2n) is 8.55. The van der Waals surface area contributed by atoms with E-state index < -0.39 is 63.6 Å². The SMILES string of the molecule is Nc1ccn(C2CC(O)C(COP(=O)(O)OCC3OC(n4cnc5c(N)ncnc54)CC3O)O2)c(=O)n1. The van der Waals surface area contributed by atoms with Crippen LogP contribution in [0, 0.1) is 0 Å². The summed E-state index contributed by atoms with van der Waals surface area (Å²) >= 11 is 0. The molecule has 5 heterocycles. The van der Waals surface area contributed by atoms with Crippen LogP contribution >= 0.6 is 7.82 Å². The van der Waals surface area contributed by atoms with Crippen LogP contribution < -0.4 is 17.2 Å². The zero-order valence-electron chi connectivity index (χ0n) is 19.2. The molecule has 200 valence electrons. The van der Waals surface area contributed by atoms with Crippen LogP contribution in [0.25, 0.3) is 11.2 Å². The smallest absolute Gasteiger partial charge is 0.390 e. The Hall–Kier alpha value is -3.02. The highest BCUT2D eigenvalue weighted by atomic mass is 31.2. The average molecular weight is 540 g/mol. The van der Waals surface area contributed by atoms with E-state index in [2.05, 4.69) is 19.9 Å². The predicted octanol–water partition coefficient (Wildman–Crippen LogP) is -1.32. The van der Waals surface area contributed by atoms with Gasteiger partial charge in [0.15, 0.2) is 11.5 Å². The molecule has 3 aromatic heterocycles. The van der Waals surface area contributed by atoms with Crippen molar-refractivity contribution in [2.75, 3.05) is 24.7 Å². The Bertz CT molecular complexity index is 1390. The molecule has 0 aliphatic carbocycles. The van der Waals surface area contributed by atoms with Gasteiger partial charge in [0.1, 0.15) is 42.3 Å². The molecule has 0 bridgehead atoms. The summed E-state index contributed by atoms with van der Waals surface area (Å²) < 4.78 is 36.5. The topological polar surface area (TPSA) is 245 Å². The summed E-state index contributed by atoms with van der Waals surface area (Å²) in [7, 11) is -4.62. The lowest BCUT2D eigenvalue weighted by Gasteiger charge is -2.20. The number of phosphoric acid groups is 1. The number of aromatic nitrogens is 6. The van der Waals surface area contributed by atoms with E-state index in [1.165, 1.54) is 24.9 Å². The van der Waals surface area contributed by atoms with Crippen LogP contribution in [0.15, 0.2) is 29.7 Å². The maximum absolute atomic E-state index is 12.4. The molecule has 37 heavy (non-hydrogen) atoms. The van der Waals surface area contributed by atoms with Gasteiger partial charge < -0.3 is 36.0 Å². The third-order valence-electron chi connectivity index (χ3n) is 6.07. The number of aliphatic hydroxyl groups excluding tert-OH is 2. The van der Waals surface area contributed by atoms with Gasteiger partial charge in [0.2, 0.25) is 0 Å². The Balaban J connectivity index is 1.14. The van der Waals surface area contributed by atoms with Crippen LogP contribution in [0.4, 0.5) is 11.6 Å². The number of aliphatic hydroxyl groups is 2. The minimum atomic E-state index is -4.62. The number of nitrogens with two attached hydrogens (primary N) is 2. The summed E-state index contributed by atoms with van der Waals surface area (Å²) in [5.41, 5.74) is 11.4. The van der Waals surface area contributed by atoms with Gasteiger partial charge in [-0.3, -0.25) is 18.2 Å². The van der Waals surface area contributed by atoms with Crippen LogP contribution in [0.1, 0.15) is 25.3 Å². The first-order valence-electron chi connectivity index (χ1n) is 11.2. The monoisotopic (exact) mass is 540 g/mol. The van der Waals surface area contributed by atoms with Crippen molar-refractivity contribution >= 4 is 30.6 Å². The molecule has 7 atom stereocenters. The lowest BCUT2D eigenvalue weighted by molar-refractivity contribution is -0.0571. The van der Waals surface area contributed by atoms with Gasteiger partial charge in [0.25, 0.3) is 0 Å². The first kappa shape index (κ1) is 25.6. The number of ether oxygens (including phenoxy) is 2. The fourth-order valence-corrected chi connectivity index (χ4v) is 4.92. The lowest BCUT2D eigenvalue weighted by atomic mass is 10.2. The molecule has 0 radical (unpaired) electrons. The summed E-state index contributed by atoms with van der Waals surface area (Å²) in [6.45, 7) is -0.958. The highest BCUT2D eigenvalue weighted by Crippen LogP contribution is 2.45. The largest absolute Gasteiger partial charge is 0.472 e. The molecule has 2 aliphatic rings. The zero-order valence-corrected chi connectivity index (χ0v) is 20.1. The van der Waals surface area contributed by atoms with E-state index in [1.54, 1.807) is 4.57 Å². The number of nitrogens with zero attached hydrogens (tertiary/aromatic N) is 6. The number of rotatable bonds is 8. The summed E-state index contributed by atoms with van der Waals surface area (Å²) in [5, 5.41) is 20.7. The second-order valence-corrected chi connectivity index (χ2v) is 10.0. The van der Waals surface area contributed by atoms with Crippen LogP contribution in [0.2, 0.25) is 0 Å². The maximum Gasteiger partial charge on any atom is 0.472 e. The molecule has 5 rings (SSSR count). The molecule has 3 aromatic rings. The first-order chi connectivity index (χ1) is 17.6. The van der Waals surface area contributed by atoms with Gasteiger partial charge >= 0.3 is 13.5 Å². The van der Waals surface area contributed by atoms with E-state index in [-0.39, 0.29) is 24.5 Å². The van der Waals surface area contributed by atoms with Gasteiger partial charge in [0.05, 0.1) is 31.7 Å². The van der Waals surface area contributed by atoms with Gasteiger partial charge in [-0.15, -0.1) is 0 Å². The fraction of sp³-hybridized carbons (Fsp3) is 0.526. The molecule has 2 fully saturated rings. The molecular weight excluding hydrogens is 515 g/mol. The molecule has 0 spiro atoms. The molecule has 2 aliphatic heterocycles. The minimum Gasteiger partial charge on any atom is -0.390 e. The van der Waals surface area contributed by atoms with Crippen molar-refractivity contribution in [2.45, 2.75) is 49.7 Å². The van der Waals surface area contributed by atoms with Crippen LogP contribution in [-0.2, 0) is 23.1 Å².